The molecular formula is C25H19BrF3N3O. The zero-order chi connectivity index (χ0) is 23.6. The second-order valence-electron chi connectivity index (χ2n) is 7.57. The summed E-state index contributed by atoms with van der Waals surface area (Å²) in [5.74, 6) is -0.203. The van der Waals surface area contributed by atoms with E-state index in [1.807, 2.05) is 31.2 Å². The molecule has 1 heterocycles. The number of hydrogen-bond acceptors (Lipinski definition) is 2. The van der Waals surface area contributed by atoms with Gasteiger partial charge in [-0.1, -0.05) is 52.3 Å². The minimum absolute atomic E-state index is 0.159. The Morgan fingerprint density at radius 2 is 1.67 bits per heavy atom. The fourth-order valence-electron chi connectivity index (χ4n) is 3.39. The van der Waals surface area contributed by atoms with Crippen LogP contribution >= 0.6 is 15.9 Å². The molecular weight excluding hydrogens is 495 g/mol. The van der Waals surface area contributed by atoms with Crippen LogP contribution in [0.15, 0.2) is 83.3 Å². The second-order valence-corrected chi connectivity index (χ2v) is 8.49. The number of halogens is 4. The van der Waals surface area contributed by atoms with E-state index in [1.165, 1.54) is 6.07 Å². The fourth-order valence-corrected chi connectivity index (χ4v) is 3.65. The number of aromatic amines is 1. The van der Waals surface area contributed by atoms with Crippen LogP contribution in [-0.2, 0) is 6.18 Å². The lowest BCUT2D eigenvalue weighted by molar-refractivity contribution is -0.137. The monoisotopic (exact) mass is 513 g/mol. The summed E-state index contributed by atoms with van der Waals surface area (Å²) >= 11 is 3.39. The van der Waals surface area contributed by atoms with Gasteiger partial charge >= 0.3 is 6.18 Å². The number of carbonyl (C=O) groups excluding carboxylic acids is 1. The first kappa shape index (κ1) is 22.8. The molecule has 0 unspecified atom stereocenters. The molecule has 0 aliphatic rings. The van der Waals surface area contributed by atoms with Crippen molar-refractivity contribution in [1.82, 2.24) is 15.5 Å². The molecule has 168 valence electrons. The van der Waals surface area contributed by atoms with Gasteiger partial charge < -0.3 is 5.32 Å². The molecule has 8 heteroatoms. The molecule has 2 N–H and O–H groups in total. The largest absolute Gasteiger partial charge is 0.416 e. The van der Waals surface area contributed by atoms with Crippen LogP contribution < -0.4 is 5.32 Å². The maximum Gasteiger partial charge on any atom is 0.416 e. The topological polar surface area (TPSA) is 57.8 Å². The van der Waals surface area contributed by atoms with Crippen LogP contribution in [0.1, 0.15) is 34.5 Å². The standard InChI is InChI=1S/C25H19BrF3N3O/c1-15(16-9-11-21(26)12-10-16)30-24(33)18-7-5-17(6-8-18)22-14-23(32-31-22)19-3-2-4-20(13-19)25(27,28)29/h2-15H,1H3,(H,30,33)(H,31,32)/t15-/m1/s1. The van der Waals surface area contributed by atoms with Gasteiger partial charge in [0.1, 0.15) is 0 Å². The number of nitrogens with one attached hydrogen (secondary N) is 2. The Kier molecular flexibility index (Phi) is 6.37. The molecule has 0 aliphatic carbocycles. The van der Waals surface area contributed by atoms with Crippen LogP contribution in [0.5, 0.6) is 0 Å². The van der Waals surface area contributed by atoms with Gasteiger partial charge in [-0.25, -0.2) is 0 Å². The summed E-state index contributed by atoms with van der Waals surface area (Å²) in [6, 6.07) is 21.2. The lowest BCUT2D eigenvalue weighted by atomic mass is 10.0. The van der Waals surface area contributed by atoms with E-state index in [-0.39, 0.29) is 11.9 Å². The lowest BCUT2D eigenvalue weighted by Gasteiger charge is -2.14. The minimum atomic E-state index is -4.42. The first-order valence-corrected chi connectivity index (χ1v) is 10.9. The molecule has 4 nitrogen and oxygen atoms in total. The molecule has 0 radical (unpaired) electrons. The van der Waals surface area contributed by atoms with E-state index < -0.39 is 11.7 Å². The summed E-state index contributed by atoms with van der Waals surface area (Å²) in [5.41, 5.74) is 2.93. The van der Waals surface area contributed by atoms with Gasteiger partial charge in [-0.2, -0.15) is 18.3 Å². The summed E-state index contributed by atoms with van der Waals surface area (Å²) in [6.45, 7) is 1.91. The first-order valence-electron chi connectivity index (χ1n) is 10.1. The van der Waals surface area contributed by atoms with Crippen LogP contribution in [-0.4, -0.2) is 16.1 Å². The molecule has 0 saturated heterocycles. The van der Waals surface area contributed by atoms with Crippen LogP contribution in [0.25, 0.3) is 22.5 Å². The maximum atomic E-state index is 13.0. The smallest absolute Gasteiger partial charge is 0.346 e. The zero-order valence-electron chi connectivity index (χ0n) is 17.5. The van der Waals surface area contributed by atoms with E-state index in [1.54, 1.807) is 36.4 Å². The third-order valence-corrected chi connectivity index (χ3v) is 5.77. The van der Waals surface area contributed by atoms with E-state index in [9.17, 15) is 18.0 Å². The van der Waals surface area contributed by atoms with Crippen molar-refractivity contribution in [2.45, 2.75) is 19.1 Å². The van der Waals surface area contributed by atoms with E-state index >= 15 is 0 Å². The number of amides is 1. The highest BCUT2D eigenvalue weighted by Crippen LogP contribution is 2.32. The van der Waals surface area contributed by atoms with Gasteiger partial charge in [0.15, 0.2) is 0 Å². The molecule has 4 rings (SSSR count). The normalized spacial score (nSPS) is 12.4. The van der Waals surface area contributed by atoms with Gasteiger partial charge in [-0.05, 0) is 60.5 Å². The van der Waals surface area contributed by atoms with Crippen molar-refractivity contribution < 1.29 is 18.0 Å². The average molecular weight is 514 g/mol. The van der Waals surface area contributed by atoms with Crippen LogP contribution in [0.4, 0.5) is 13.2 Å². The Morgan fingerprint density at radius 3 is 2.33 bits per heavy atom. The van der Waals surface area contributed by atoms with Gasteiger partial charge in [0.05, 0.1) is 23.0 Å². The Morgan fingerprint density at radius 1 is 0.970 bits per heavy atom. The summed E-state index contributed by atoms with van der Waals surface area (Å²) in [4.78, 5) is 12.6. The Balaban J connectivity index is 1.47. The fraction of sp³-hybridized carbons (Fsp3) is 0.120. The number of carbonyl (C=O) groups is 1. The molecule has 3 aromatic carbocycles. The molecule has 1 amide bonds. The number of alkyl halides is 3. The summed E-state index contributed by atoms with van der Waals surface area (Å²) < 4.78 is 39.9. The number of benzene rings is 3. The van der Waals surface area contributed by atoms with Gasteiger partial charge in [0.2, 0.25) is 0 Å². The average Bonchev–Trinajstić information content (AvgIpc) is 3.29. The quantitative estimate of drug-likeness (QED) is 0.301. The van der Waals surface area contributed by atoms with Gasteiger partial charge in [0, 0.05) is 15.6 Å². The van der Waals surface area contributed by atoms with E-state index in [4.69, 9.17) is 0 Å². The first-order chi connectivity index (χ1) is 15.7. The van der Waals surface area contributed by atoms with E-state index in [2.05, 4.69) is 31.4 Å². The molecule has 33 heavy (non-hydrogen) atoms. The second kappa shape index (κ2) is 9.23. The maximum absolute atomic E-state index is 13.0. The molecule has 0 fully saturated rings. The van der Waals surface area contributed by atoms with Crippen molar-refractivity contribution in [3.63, 3.8) is 0 Å². The lowest BCUT2D eigenvalue weighted by Crippen LogP contribution is -2.26. The molecule has 4 aromatic rings. The van der Waals surface area contributed by atoms with Crippen LogP contribution in [0.2, 0.25) is 0 Å². The van der Waals surface area contributed by atoms with Crippen molar-refractivity contribution >= 4 is 21.8 Å². The van der Waals surface area contributed by atoms with E-state index in [0.29, 0.717) is 22.5 Å². The van der Waals surface area contributed by atoms with Crippen molar-refractivity contribution in [3.05, 3.63) is 100 Å². The Bertz CT molecular complexity index is 1270. The SMILES string of the molecule is C[C@@H](NC(=O)c1ccc(-c2cc(-c3cccc(C(F)(F)F)c3)n[nH]2)cc1)c1ccc(Br)cc1. The number of nitrogens with zero attached hydrogens (tertiary/aromatic N) is 1. The number of aromatic nitrogens is 2. The molecule has 0 aliphatic heterocycles. The molecule has 0 saturated carbocycles. The van der Waals surface area contributed by atoms with Gasteiger partial charge in [-0.15, -0.1) is 0 Å². The van der Waals surface area contributed by atoms with Crippen molar-refractivity contribution in [3.8, 4) is 22.5 Å². The van der Waals surface area contributed by atoms with Crippen LogP contribution in [0.3, 0.4) is 0 Å². The third-order valence-electron chi connectivity index (χ3n) is 5.24. The summed E-state index contributed by atoms with van der Waals surface area (Å²) in [6.07, 6.45) is -4.42. The predicted molar refractivity (Wildman–Crippen MR) is 124 cm³/mol. The van der Waals surface area contributed by atoms with Crippen molar-refractivity contribution in [2.75, 3.05) is 0 Å². The Hall–Kier alpha value is -3.39. The predicted octanol–water partition coefficient (Wildman–Crippen LogP) is 7.02. The molecule has 0 spiro atoms. The minimum Gasteiger partial charge on any atom is -0.346 e. The number of hydrogen-bond donors (Lipinski definition) is 2. The van der Waals surface area contributed by atoms with Gasteiger partial charge in [-0.3, -0.25) is 9.89 Å². The third kappa shape index (κ3) is 5.34. The summed E-state index contributed by atoms with van der Waals surface area (Å²) in [7, 11) is 0. The van der Waals surface area contributed by atoms with Crippen molar-refractivity contribution in [2.24, 2.45) is 0 Å². The van der Waals surface area contributed by atoms with Crippen LogP contribution in [0, 0.1) is 0 Å². The Labute approximate surface area is 197 Å². The molecule has 1 aromatic heterocycles. The van der Waals surface area contributed by atoms with E-state index in [0.717, 1.165) is 27.7 Å². The summed E-state index contributed by atoms with van der Waals surface area (Å²) in [5, 5.41) is 9.97. The zero-order valence-corrected chi connectivity index (χ0v) is 19.0. The highest BCUT2D eigenvalue weighted by molar-refractivity contribution is 9.10. The number of rotatable bonds is 5. The molecule has 0 bridgehead atoms. The number of H-pyrrole nitrogens is 1. The van der Waals surface area contributed by atoms with Crippen molar-refractivity contribution in [1.29, 1.82) is 0 Å². The highest BCUT2D eigenvalue weighted by atomic mass is 79.9. The molecule has 1 atom stereocenters. The van der Waals surface area contributed by atoms with Gasteiger partial charge in [0.25, 0.3) is 5.91 Å². The highest BCUT2D eigenvalue weighted by Gasteiger charge is 2.30.